The molecule has 2 aliphatic rings. The molecule has 0 spiro atoms. The highest BCUT2D eigenvalue weighted by molar-refractivity contribution is 8.13. The van der Waals surface area contributed by atoms with Crippen LogP contribution in [0.1, 0.15) is 26.7 Å². The van der Waals surface area contributed by atoms with Crippen LogP contribution < -0.4 is 5.32 Å². The van der Waals surface area contributed by atoms with E-state index in [9.17, 15) is 4.79 Å². The smallest absolute Gasteiger partial charge is 0.244 e. The Morgan fingerprint density at radius 2 is 2.18 bits per heavy atom. The van der Waals surface area contributed by atoms with Crippen molar-refractivity contribution in [3.8, 4) is 0 Å². The Hall–Kier alpha value is -0.710. The summed E-state index contributed by atoms with van der Waals surface area (Å²) in [6.07, 6.45) is 2.29. The number of nitrogens with one attached hydrogen (secondary N) is 1. The Bertz CT molecular complexity index is 313. The lowest BCUT2D eigenvalue weighted by atomic mass is 10.1. The van der Waals surface area contributed by atoms with Gasteiger partial charge in [-0.05, 0) is 25.7 Å². The molecule has 2 saturated heterocycles. The summed E-state index contributed by atoms with van der Waals surface area (Å²) >= 11 is 1.73. The van der Waals surface area contributed by atoms with E-state index in [1.165, 1.54) is 0 Å². The summed E-state index contributed by atoms with van der Waals surface area (Å²) in [4.78, 5) is 18.1. The third-order valence-corrected chi connectivity index (χ3v) is 4.72. The molecule has 2 aliphatic heterocycles. The second-order valence-electron chi connectivity index (χ2n) is 4.93. The molecule has 4 nitrogen and oxygen atoms in total. The van der Waals surface area contributed by atoms with Gasteiger partial charge in [-0.1, -0.05) is 18.7 Å². The van der Waals surface area contributed by atoms with Gasteiger partial charge in [-0.3, -0.25) is 9.79 Å². The number of hydrogen-bond donors (Lipinski definition) is 1. The summed E-state index contributed by atoms with van der Waals surface area (Å²) < 4.78 is 0. The van der Waals surface area contributed by atoms with E-state index in [2.05, 4.69) is 24.2 Å². The summed E-state index contributed by atoms with van der Waals surface area (Å²) in [6.45, 7) is 6.53. The van der Waals surface area contributed by atoms with Crippen molar-refractivity contribution in [2.45, 2.75) is 32.7 Å². The van der Waals surface area contributed by atoms with Crippen LogP contribution in [-0.4, -0.2) is 47.4 Å². The van der Waals surface area contributed by atoms with E-state index < -0.39 is 0 Å². The van der Waals surface area contributed by atoms with Gasteiger partial charge in [0.1, 0.15) is 6.54 Å². The number of amidine groups is 1. The minimum Gasteiger partial charge on any atom is -0.362 e. The summed E-state index contributed by atoms with van der Waals surface area (Å²) in [5.41, 5.74) is 0. The lowest BCUT2D eigenvalue weighted by Crippen LogP contribution is -2.42. The maximum absolute atomic E-state index is 11.8. The molecule has 1 amide bonds. The third-order valence-electron chi connectivity index (χ3n) is 3.50. The Morgan fingerprint density at radius 1 is 1.47 bits per heavy atom. The summed E-state index contributed by atoms with van der Waals surface area (Å²) in [7, 11) is 0. The Morgan fingerprint density at radius 3 is 2.82 bits per heavy atom. The highest BCUT2D eigenvalue weighted by Gasteiger charge is 2.22. The number of hydrogen-bond acceptors (Lipinski definition) is 3. The highest BCUT2D eigenvalue weighted by atomic mass is 32.2. The van der Waals surface area contributed by atoms with Crippen molar-refractivity contribution in [2.75, 3.05) is 25.4 Å². The molecule has 5 heteroatoms. The Balaban J connectivity index is 1.81. The Kier molecular flexibility index (Phi) is 4.31. The molecule has 2 rings (SSSR count). The SMILES string of the molecule is CC1CSC(=NCC(=O)N2CCCC2)NC1C. The number of thioether (sulfide) groups is 1. The molecule has 0 saturated carbocycles. The van der Waals surface area contributed by atoms with Crippen molar-refractivity contribution < 1.29 is 4.79 Å². The number of carbonyl (C=O) groups is 1. The standard InChI is InChI=1S/C12H21N3OS/c1-9-8-17-12(14-10(9)2)13-7-11(16)15-5-3-4-6-15/h9-10H,3-8H2,1-2H3,(H,13,14). The van der Waals surface area contributed by atoms with Gasteiger partial charge in [-0.25, -0.2) is 0 Å². The molecule has 2 heterocycles. The molecule has 2 unspecified atom stereocenters. The Labute approximate surface area is 107 Å². The quantitative estimate of drug-likeness (QED) is 0.809. The first-order valence-electron chi connectivity index (χ1n) is 6.38. The van der Waals surface area contributed by atoms with Crippen molar-refractivity contribution in [1.29, 1.82) is 0 Å². The minimum atomic E-state index is 0.170. The van der Waals surface area contributed by atoms with Gasteiger partial charge >= 0.3 is 0 Å². The van der Waals surface area contributed by atoms with Crippen molar-refractivity contribution in [3.63, 3.8) is 0 Å². The normalized spacial score (nSPS) is 31.6. The third kappa shape index (κ3) is 3.37. The molecule has 1 N–H and O–H groups in total. The fraction of sp³-hybridized carbons (Fsp3) is 0.833. The summed E-state index contributed by atoms with van der Waals surface area (Å²) in [5.74, 6) is 1.92. The second kappa shape index (κ2) is 5.76. The first-order valence-corrected chi connectivity index (χ1v) is 7.37. The zero-order valence-corrected chi connectivity index (χ0v) is 11.4. The predicted molar refractivity (Wildman–Crippen MR) is 72.3 cm³/mol. The second-order valence-corrected chi connectivity index (χ2v) is 5.94. The van der Waals surface area contributed by atoms with Crippen molar-refractivity contribution in [3.05, 3.63) is 0 Å². The molecule has 17 heavy (non-hydrogen) atoms. The van der Waals surface area contributed by atoms with Gasteiger partial charge in [0.15, 0.2) is 5.17 Å². The minimum absolute atomic E-state index is 0.170. The maximum atomic E-state index is 11.8. The van der Waals surface area contributed by atoms with Crippen LogP contribution in [0.15, 0.2) is 4.99 Å². The predicted octanol–water partition coefficient (Wildman–Crippen LogP) is 1.33. The van der Waals surface area contributed by atoms with Crippen LogP contribution in [0.4, 0.5) is 0 Å². The average Bonchev–Trinajstić information content (AvgIpc) is 2.84. The number of likely N-dealkylation sites (tertiary alicyclic amines) is 1. The number of amides is 1. The number of aliphatic imine (C=N–C) groups is 1. The van der Waals surface area contributed by atoms with Gasteiger partial charge in [0.25, 0.3) is 0 Å². The number of nitrogens with zero attached hydrogens (tertiary/aromatic N) is 2. The largest absolute Gasteiger partial charge is 0.362 e. The van der Waals surface area contributed by atoms with Gasteiger partial charge in [0.05, 0.1) is 0 Å². The topological polar surface area (TPSA) is 44.7 Å². The van der Waals surface area contributed by atoms with Gasteiger partial charge in [-0.2, -0.15) is 0 Å². The van der Waals surface area contributed by atoms with E-state index in [-0.39, 0.29) is 5.91 Å². The highest BCUT2D eigenvalue weighted by Crippen LogP contribution is 2.19. The van der Waals surface area contributed by atoms with Gasteiger partial charge < -0.3 is 10.2 Å². The van der Waals surface area contributed by atoms with Gasteiger partial charge in [0, 0.05) is 24.9 Å². The first kappa shape index (κ1) is 12.7. The molecule has 0 aromatic carbocycles. The molecular formula is C12H21N3OS. The maximum Gasteiger partial charge on any atom is 0.244 e. The summed E-state index contributed by atoms with van der Waals surface area (Å²) in [5, 5.41) is 4.29. The fourth-order valence-corrected chi connectivity index (χ4v) is 3.17. The van der Waals surface area contributed by atoms with E-state index in [0.29, 0.717) is 18.5 Å². The summed E-state index contributed by atoms with van der Waals surface area (Å²) in [6, 6.07) is 0.455. The zero-order chi connectivity index (χ0) is 12.3. The molecule has 0 aromatic heterocycles. The van der Waals surface area contributed by atoms with E-state index >= 15 is 0 Å². The van der Waals surface area contributed by atoms with Crippen molar-refractivity contribution in [2.24, 2.45) is 10.9 Å². The molecule has 96 valence electrons. The van der Waals surface area contributed by atoms with Crippen molar-refractivity contribution >= 4 is 22.8 Å². The van der Waals surface area contributed by atoms with E-state index in [0.717, 1.165) is 36.9 Å². The first-order chi connectivity index (χ1) is 8.16. The molecule has 0 aromatic rings. The monoisotopic (exact) mass is 255 g/mol. The van der Waals surface area contributed by atoms with Gasteiger partial charge in [-0.15, -0.1) is 0 Å². The number of carbonyl (C=O) groups excluding carboxylic acids is 1. The van der Waals surface area contributed by atoms with Crippen LogP contribution in [0.5, 0.6) is 0 Å². The van der Waals surface area contributed by atoms with Crippen LogP contribution in [0.3, 0.4) is 0 Å². The van der Waals surface area contributed by atoms with Crippen molar-refractivity contribution in [1.82, 2.24) is 10.2 Å². The zero-order valence-electron chi connectivity index (χ0n) is 10.6. The van der Waals surface area contributed by atoms with Gasteiger partial charge in [0.2, 0.25) is 5.91 Å². The average molecular weight is 255 g/mol. The molecule has 2 atom stereocenters. The van der Waals surface area contributed by atoms with E-state index in [4.69, 9.17) is 0 Å². The van der Waals surface area contributed by atoms with Crippen LogP contribution in [0, 0.1) is 5.92 Å². The fourth-order valence-electron chi connectivity index (χ4n) is 2.03. The van der Waals surface area contributed by atoms with Crippen LogP contribution in [0.2, 0.25) is 0 Å². The van der Waals surface area contributed by atoms with Crippen LogP contribution >= 0.6 is 11.8 Å². The van der Waals surface area contributed by atoms with Crippen LogP contribution in [0.25, 0.3) is 0 Å². The molecule has 0 radical (unpaired) electrons. The molecular weight excluding hydrogens is 234 g/mol. The number of rotatable bonds is 2. The van der Waals surface area contributed by atoms with E-state index in [1.54, 1.807) is 11.8 Å². The molecule has 0 bridgehead atoms. The van der Waals surface area contributed by atoms with Crippen LogP contribution in [-0.2, 0) is 4.79 Å². The van der Waals surface area contributed by atoms with E-state index in [1.807, 2.05) is 4.90 Å². The molecule has 2 fully saturated rings. The molecule has 0 aliphatic carbocycles. The lowest BCUT2D eigenvalue weighted by molar-refractivity contribution is -0.128. The lowest BCUT2D eigenvalue weighted by Gasteiger charge is -2.28.